The zero-order valence-corrected chi connectivity index (χ0v) is 12.2. The van der Waals surface area contributed by atoms with E-state index >= 15 is 0 Å². The Kier molecular flexibility index (Phi) is 4.87. The number of aromatic nitrogens is 3. The smallest absolute Gasteiger partial charge is 0.350 e. The van der Waals surface area contributed by atoms with E-state index in [0.29, 0.717) is 18.8 Å². The van der Waals surface area contributed by atoms with Crippen LogP contribution in [0.15, 0.2) is 41.6 Å². The maximum atomic E-state index is 12.6. The number of carbonyl (C=O) groups excluding carboxylic acids is 1. The zero-order chi connectivity index (χ0) is 17.0. The highest BCUT2D eigenvalue weighted by atomic mass is 19.4. The van der Waals surface area contributed by atoms with Crippen LogP contribution in [0.1, 0.15) is 12.5 Å². The molecule has 0 unspecified atom stereocenters. The molecule has 124 valence electrons. The monoisotopic (exact) mass is 328 g/mol. The van der Waals surface area contributed by atoms with E-state index in [1.165, 1.54) is 0 Å². The van der Waals surface area contributed by atoms with Gasteiger partial charge in [-0.15, -0.1) is 0 Å². The molecular formula is C14H15F3N4O2. The molecule has 2 aromatic rings. The fourth-order valence-corrected chi connectivity index (χ4v) is 2.03. The number of alkyl halides is 3. The quantitative estimate of drug-likeness (QED) is 0.899. The Morgan fingerprint density at radius 3 is 2.74 bits per heavy atom. The van der Waals surface area contributed by atoms with Gasteiger partial charge in [0.25, 0.3) is 5.56 Å². The third kappa shape index (κ3) is 4.70. The molecule has 9 heteroatoms. The molecule has 1 atom stereocenters. The summed E-state index contributed by atoms with van der Waals surface area (Å²) in [5.41, 5.74) is -1.65. The lowest BCUT2D eigenvalue weighted by atomic mass is 10.2. The Hall–Kier alpha value is -2.58. The van der Waals surface area contributed by atoms with Crippen molar-refractivity contribution in [3.63, 3.8) is 0 Å². The molecule has 1 amide bonds. The maximum Gasteiger partial charge on any atom is 0.417 e. The van der Waals surface area contributed by atoms with Gasteiger partial charge in [-0.1, -0.05) is 0 Å². The van der Waals surface area contributed by atoms with Crippen LogP contribution in [0.4, 0.5) is 13.2 Å². The van der Waals surface area contributed by atoms with Crippen LogP contribution in [0.2, 0.25) is 0 Å². The van der Waals surface area contributed by atoms with Crippen LogP contribution in [0.25, 0.3) is 0 Å². The maximum absolute atomic E-state index is 12.6. The second-order valence-corrected chi connectivity index (χ2v) is 5.08. The van der Waals surface area contributed by atoms with Crippen molar-refractivity contribution < 1.29 is 18.0 Å². The molecule has 23 heavy (non-hydrogen) atoms. The molecule has 1 N–H and O–H groups in total. The molecule has 2 aromatic heterocycles. The van der Waals surface area contributed by atoms with E-state index in [4.69, 9.17) is 0 Å². The number of nitrogens with one attached hydrogen (secondary N) is 1. The van der Waals surface area contributed by atoms with Gasteiger partial charge in [0, 0.05) is 30.7 Å². The van der Waals surface area contributed by atoms with E-state index in [9.17, 15) is 22.8 Å². The number of carbonyl (C=O) groups is 1. The van der Waals surface area contributed by atoms with Gasteiger partial charge in [0.1, 0.15) is 6.54 Å². The SMILES string of the molecule is C[C@@H](Cn1cccn1)NC(=O)Cn1cc(C(F)(F)F)ccc1=O. The lowest BCUT2D eigenvalue weighted by molar-refractivity contribution is -0.138. The summed E-state index contributed by atoms with van der Waals surface area (Å²) in [4.78, 5) is 23.5. The van der Waals surface area contributed by atoms with Gasteiger partial charge >= 0.3 is 6.18 Å². The van der Waals surface area contributed by atoms with Crippen LogP contribution < -0.4 is 10.9 Å². The fraction of sp³-hybridized carbons (Fsp3) is 0.357. The van der Waals surface area contributed by atoms with E-state index in [-0.39, 0.29) is 6.04 Å². The van der Waals surface area contributed by atoms with Gasteiger partial charge in [0.15, 0.2) is 0 Å². The molecule has 0 aliphatic rings. The average Bonchev–Trinajstić information content (AvgIpc) is 2.92. The Morgan fingerprint density at radius 1 is 1.39 bits per heavy atom. The van der Waals surface area contributed by atoms with Gasteiger partial charge in [-0.25, -0.2) is 0 Å². The van der Waals surface area contributed by atoms with Gasteiger partial charge in [-0.3, -0.25) is 14.3 Å². The van der Waals surface area contributed by atoms with Gasteiger partial charge in [0.2, 0.25) is 5.91 Å². The summed E-state index contributed by atoms with van der Waals surface area (Å²) in [6.45, 7) is 1.66. The summed E-state index contributed by atoms with van der Waals surface area (Å²) < 4.78 is 40.2. The highest BCUT2D eigenvalue weighted by molar-refractivity contribution is 5.76. The van der Waals surface area contributed by atoms with Crippen LogP contribution in [-0.4, -0.2) is 26.3 Å². The topological polar surface area (TPSA) is 68.9 Å². The first-order valence-electron chi connectivity index (χ1n) is 6.80. The molecule has 0 aliphatic heterocycles. The summed E-state index contributed by atoms with van der Waals surface area (Å²) >= 11 is 0. The van der Waals surface area contributed by atoms with Gasteiger partial charge in [-0.05, 0) is 19.1 Å². The van der Waals surface area contributed by atoms with Crippen LogP contribution in [-0.2, 0) is 24.1 Å². The molecule has 2 heterocycles. The molecule has 0 fully saturated rings. The first-order chi connectivity index (χ1) is 10.8. The van der Waals surface area contributed by atoms with Gasteiger partial charge in [0.05, 0.1) is 12.1 Å². The molecule has 0 bridgehead atoms. The molecule has 6 nitrogen and oxygen atoms in total. The summed E-state index contributed by atoms with van der Waals surface area (Å²) in [6, 6.07) is 2.93. The first kappa shape index (κ1) is 16.8. The zero-order valence-electron chi connectivity index (χ0n) is 12.2. The summed E-state index contributed by atoms with van der Waals surface area (Å²) in [5, 5.41) is 6.60. The third-order valence-corrected chi connectivity index (χ3v) is 3.05. The van der Waals surface area contributed by atoms with Crippen LogP contribution in [0.3, 0.4) is 0 Å². The van der Waals surface area contributed by atoms with E-state index in [0.717, 1.165) is 10.6 Å². The highest BCUT2D eigenvalue weighted by Crippen LogP contribution is 2.27. The third-order valence-electron chi connectivity index (χ3n) is 3.05. The molecule has 0 aromatic carbocycles. The number of hydrogen-bond acceptors (Lipinski definition) is 3. The number of pyridine rings is 1. The molecule has 0 spiro atoms. The van der Waals surface area contributed by atoms with Crippen molar-refractivity contribution in [1.29, 1.82) is 0 Å². The molecule has 2 rings (SSSR count). The van der Waals surface area contributed by atoms with Crippen molar-refractivity contribution >= 4 is 5.91 Å². The van der Waals surface area contributed by atoms with E-state index < -0.39 is 29.8 Å². The van der Waals surface area contributed by atoms with Crippen LogP contribution >= 0.6 is 0 Å². The molecular weight excluding hydrogens is 313 g/mol. The minimum atomic E-state index is -4.57. The van der Waals surface area contributed by atoms with Crippen molar-refractivity contribution in [2.75, 3.05) is 0 Å². The van der Waals surface area contributed by atoms with Crippen molar-refractivity contribution in [1.82, 2.24) is 19.7 Å². The lowest BCUT2D eigenvalue weighted by Crippen LogP contribution is -2.39. The number of halogens is 3. The molecule has 0 saturated heterocycles. The van der Waals surface area contributed by atoms with Gasteiger partial charge in [-0.2, -0.15) is 18.3 Å². The van der Waals surface area contributed by atoms with Gasteiger partial charge < -0.3 is 9.88 Å². The number of hydrogen-bond donors (Lipinski definition) is 1. The predicted molar refractivity (Wildman–Crippen MR) is 75.5 cm³/mol. The lowest BCUT2D eigenvalue weighted by Gasteiger charge is -2.15. The Labute approximate surface area is 129 Å². The number of amides is 1. The largest absolute Gasteiger partial charge is 0.417 e. The highest BCUT2D eigenvalue weighted by Gasteiger charge is 2.31. The Bertz CT molecular complexity index is 722. The summed E-state index contributed by atoms with van der Waals surface area (Å²) in [7, 11) is 0. The number of nitrogens with zero attached hydrogens (tertiary/aromatic N) is 3. The Morgan fingerprint density at radius 2 is 2.13 bits per heavy atom. The van der Waals surface area contributed by atoms with E-state index in [1.807, 2.05) is 0 Å². The summed E-state index contributed by atoms with van der Waals surface area (Å²) in [5.74, 6) is -0.550. The first-order valence-corrected chi connectivity index (χ1v) is 6.80. The van der Waals surface area contributed by atoms with Crippen LogP contribution in [0, 0.1) is 0 Å². The standard InChI is InChI=1S/C14H15F3N4O2/c1-10(7-21-6-2-5-18-21)19-12(22)9-20-8-11(14(15,16)17)3-4-13(20)23/h2-6,8,10H,7,9H2,1H3,(H,19,22)/t10-/m0/s1. The minimum absolute atomic E-state index is 0.288. The predicted octanol–water partition coefficient (Wildman–Crippen LogP) is 1.27. The van der Waals surface area contributed by atoms with Crippen molar-refractivity contribution in [2.45, 2.75) is 32.2 Å². The number of rotatable bonds is 5. The fourth-order valence-electron chi connectivity index (χ4n) is 2.03. The average molecular weight is 328 g/mol. The minimum Gasteiger partial charge on any atom is -0.350 e. The van der Waals surface area contributed by atoms with Crippen LogP contribution in [0.5, 0.6) is 0 Å². The second-order valence-electron chi connectivity index (χ2n) is 5.08. The van der Waals surface area contributed by atoms with Crippen molar-refractivity contribution in [3.05, 3.63) is 52.7 Å². The summed E-state index contributed by atoms with van der Waals surface area (Å²) in [6.07, 6.45) is -0.615. The second kappa shape index (κ2) is 6.67. The normalized spacial score (nSPS) is 12.9. The Balaban J connectivity index is 2.01. The molecule has 0 aliphatic carbocycles. The molecule has 0 saturated carbocycles. The van der Waals surface area contributed by atoms with Crippen molar-refractivity contribution in [3.8, 4) is 0 Å². The molecule has 0 radical (unpaired) electrons. The van der Waals surface area contributed by atoms with Crippen molar-refractivity contribution in [2.24, 2.45) is 0 Å². The van der Waals surface area contributed by atoms with E-state index in [2.05, 4.69) is 10.4 Å². The van der Waals surface area contributed by atoms with E-state index in [1.54, 1.807) is 30.1 Å².